The molecule has 0 aliphatic carbocycles. The summed E-state index contributed by atoms with van der Waals surface area (Å²) in [6.07, 6.45) is -0.599. The van der Waals surface area contributed by atoms with Crippen LogP contribution in [0.25, 0.3) is 0 Å². The van der Waals surface area contributed by atoms with Gasteiger partial charge in [0.05, 0.1) is 12.6 Å². The Bertz CT molecular complexity index is 529. The van der Waals surface area contributed by atoms with Gasteiger partial charge in [-0.15, -0.1) is 0 Å². The quantitative estimate of drug-likeness (QED) is 0.925. The number of hydrogen-bond acceptors (Lipinski definition) is 3. The lowest BCUT2D eigenvalue weighted by molar-refractivity contribution is -0.0924. The van der Waals surface area contributed by atoms with Gasteiger partial charge in [0.2, 0.25) is 0 Å². The van der Waals surface area contributed by atoms with Crippen molar-refractivity contribution in [1.82, 2.24) is 10.2 Å². The fraction of sp³-hybridized carbons (Fsp3) is 0.588. The van der Waals surface area contributed by atoms with Crippen molar-refractivity contribution in [3.63, 3.8) is 0 Å². The van der Waals surface area contributed by atoms with Crippen LogP contribution in [0.4, 0.5) is 13.6 Å². The molecule has 0 saturated carbocycles. The lowest BCUT2D eigenvalue weighted by Gasteiger charge is -2.38. The Morgan fingerprint density at radius 2 is 2.00 bits per heavy atom. The van der Waals surface area contributed by atoms with Crippen molar-refractivity contribution >= 4 is 6.09 Å². The predicted octanol–water partition coefficient (Wildman–Crippen LogP) is 3.42. The number of alkyl carbamates (subject to hydrolysis) is 1. The molecular weight excluding hydrogens is 302 g/mol. The first-order valence-electron chi connectivity index (χ1n) is 7.79. The monoisotopic (exact) mass is 326 g/mol. The fourth-order valence-corrected chi connectivity index (χ4v) is 2.61. The second-order valence-electron chi connectivity index (χ2n) is 6.94. The van der Waals surface area contributed by atoms with Crippen molar-refractivity contribution in [2.45, 2.75) is 51.3 Å². The van der Waals surface area contributed by atoms with Crippen LogP contribution in [0.5, 0.6) is 0 Å². The van der Waals surface area contributed by atoms with Crippen molar-refractivity contribution in [2.75, 3.05) is 13.1 Å². The molecule has 1 aromatic carbocycles. The van der Waals surface area contributed by atoms with Gasteiger partial charge in [0.15, 0.2) is 0 Å². The molecule has 1 unspecified atom stereocenters. The van der Waals surface area contributed by atoms with Crippen LogP contribution in [0.2, 0.25) is 0 Å². The van der Waals surface area contributed by atoms with E-state index in [0.717, 1.165) is 5.56 Å². The normalized spacial score (nSPS) is 21.7. The average molecular weight is 326 g/mol. The standard InChI is InChI=1S/C17H24F2N2O2/c1-16(2,3)23-15(22)20-14-9-10-21(12-17(14,18)19)11-13-7-5-4-6-8-13/h4-8,14H,9-12H2,1-3H3,(H,20,22). The molecule has 1 heterocycles. The first-order chi connectivity index (χ1) is 10.7. The van der Waals surface area contributed by atoms with Gasteiger partial charge in [-0.3, -0.25) is 4.90 Å². The molecule has 0 bridgehead atoms. The van der Waals surface area contributed by atoms with Crippen LogP contribution in [0.15, 0.2) is 30.3 Å². The maximum atomic E-state index is 14.3. The van der Waals surface area contributed by atoms with Crippen LogP contribution in [0, 0.1) is 0 Å². The Morgan fingerprint density at radius 1 is 1.35 bits per heavy atom. The zero-order valence-electron chi connectivity index (χ0n) is 13.8. The molecule has 2 rings (SSSR count). The highest BCUT2D eigenvalue weighted by atomic mass is 19.3. The van der Waals surface area contributed by atoms with E-state index in [9.17, 15) is 13.6 Å². The lowest BCUT2D eigenvalue weighted by Crippen LogP contribution is -2.58. The molecule has 0 spiro atoms. The average Bonchev–Trinajstić information content (AvgIpc) is 2.40. The van der Waals surface area contributed by atoms with Gasteiger partial charge < -0.3 is 10.1 Å². The second kappa shape index (κ2) is 6.83. The molecule has 0 radical (unpaired) electrons. The molecule has 1 amide bonds. The highest BCUT2D eigenvalue weighted by Crippen LogP contribution is 2.28. The summed E-state index contributed by atoms with van der Waals surface area (Å²) in [6.45, 7) is 5.72. The minimum Gasteiger partial charge on any atom is -0.444 e. The molecule has 6 heteroatoms. The predicted molar refractivity (Wildman–Crippen MR) is 84.4 cm³/mol. The first-order valence-corrected chi connectivity index (χ1v) is 7.79. The van der Waals surface area contributed by atoms with Crippen molar-refractivity contribution in [1.29, 1.82) is 0 Å². The number of piperidine rings is 1. The highest BCUT2D eigenvalue weighted by molar-refractivity contribution is 5.68. The molecule has 0 aromatic heterocycles. The number of hydrogen-bond donors (Lipinski definition) is 1. The number of nitrogens with zero attached hydrogens (tertiary/aromatic N) is 1. The number of alkyl halides is 2. The number of benzene rings is 1. The summed E-state index contributed by atoms with van der Waals surface area (Å²) in [5, 5.41) is 2.31. The van der Waals surface area contributed by atoms with Crippen molar-refractivity contribution < 1.29 is 18.3 Å². The molecule has 1 N–H and O–H groups in total. The molecule has 128 valence electrons. The van der Waals surface area contributed by atoms with Gasteiger partial charge in [0.25, 0.3) is 5.92 Å². The third-order valence-corrected chi connectivity index (χ3v) is 3.62. The van der Waals surface area contributed by atoms with Crippen LogP contribution in [0.3, 0.4) is 0 Å². The zero-order chi connectivity index (χ0) is 17.1. The number of amides is 1. The molecule has 1 saturated heterocycles. The van der Waals surface area contributed by atoms with Crippen molar-refractivity contribution in [3.8, 4) is 0 Å². The number of ether oxygens (including phenoxy) is 1. The molecule has 23 heavy (non-hydrogen) atoms. The van der Waals surface area contributed by atoms with Crippen LogP contribution < -0.4 is 5.32 Å². The molecule has 4 nitrogen and oxygen atoms in total. The topological polar surface area (TPSA) is 41.6 Å². The second-order valence-corrected chi connectivity index (χ2v) is 6.94. The van der Waals surface area contributed by atoms with Gasteiger partial charge in [0.1, 0.15) is 5.60 Å². The van der Waals surface area contributed by atoms with E-state index < -0.39 is 23.7 Å². The number of carbonyl (C=O) groups is 1. The summed E-state index contributed by atoms with van der Waals surface area (Å²) in [5.41, 5.74) is 0.301. The largest absolute Gasteiger partial charge is 0.444 e. The maximum Gasteiger partial charge on any atom is 0.408 e. The van der Waals surface area contributed by atoms with Crippen LogP contribution in [-0.4, -0.2) is 41.6 Å². The maximum absolute atomic E-state index is 14.3. The third-order valence-electron chi connectivity index (χ3n) is 3.62. The van der Waals surface area contributed by atoms with Crippen molar-refractivity contribution in [2.24, 2.45) is 0 Å². The van der Waals surface area contributed by atoms with E-state index in [0.29, 0.717) is 13.1 Å². The molecule has 1 aliphatic heterocycles. The number of likely N-dealkylation sites (tertiary alicyclic amines) is 1. The number of nitrogens with one attached hydrogen (secondary N) is 1. The summed E-state index contributed by atoms with van der Waals surface area (Å²) in [4.78, 5) is 13.4. The van der Waals surface area contributed by atoms with Gasteiger partial charge in [-0.2, -0.15) is 0 Å². The van der Waals surface area contributed by atoms with Crippen LogP contribution in [-0.2, 0) is 11.3 Å². The Morgan fingerprint density at radius 3 is 2.57 bits per heavy atom. The first kappa shape index (κ1) is 17.7. The molecule has 1 aromatic rings. The highest BCUT2D eigenvalue weighted by Gasteiger charge is 2.45. The van der Waals surface area contributed by atoms with E-state index in [1.807, 2.05) is 30.3 Å². The molecule has 1 fully saturated rings. The number of rotatable bonds is 3. The van der Waals surface area contributed by atoms with E-state index in [-0.39, 0.29) is 13.0 Å². The Hall–Kier alpha value is -1.69. The lowest BCUT2D eigenvalue weighted by atomic mass is 10.0. The van der Waals surface area contributed by atoms with Crippen LogP contribution in [0.1, 0.15) is 32.8 Å². The number of halogens is 2. The zero-order valence-corrected chi connectivity index (χ0v) is 13.8. The Balaban J connectivity index is 1.91. The van der Waals surface area contributed by atoms with E-state index in [2.05, 4.69) is 5.32 Å². The van der Waals surface area contributed by atoms with Gasteiger partial charge in [0, 0.05) is 13.1 Å². The van der Waals surface area contributed by atoms with Crippen molar-refractivity contribution in [3.05, 3.63) is 35.9 Å². The number of carbonyl (C=O) groups excluding carboxylic acids is 1. The van der Waals surface area contributed by atoms with Gasteiger partial charge in [-0.05, 0) is 32.8 Å². The van der Waals surface area contributed by atoms with Crippen LogP contribution >= 0.6 is 0 Å². The van der Waals surface area contributed by atoms with Gasteiger partial charge >= 0.3 is 6.09 Å². The summed E-state index contributed by atoms with van der Waals surface area (Å²) in [5.74, 6) is -2.98. The Labute approximate surface area is 135 Å². The summed E-state index contributed by atoms with van der Waals surface area (Å²) in [7, 11) is 0. The smallest absolute Gasteiger partial charge is 0.408 e. The van der Waals surface area contributed by atoms with E-state index in [1.54, 1.807) is 25.7 Å². The minimum atomic E-state index is -2.98. The third kappa shape index (κ3) is 5.46. The fourth-order valence-electron chi connectivity index (χ4n) is 2.61. The van der Waals surface area contributed by atoms with E-state index in [1.165, 1.54) is 0 Å². The SMILES string of the molecule is CC(C)(C)OC(=O)NC1CCN(Cc2ccccc2)CC1(F)F. The van der Waals surface area contributed by atoms with E-state index in [4.69, 9.17) is 4.74 Å². The Kier molecular flexibility index (Phi) is 5.24. The van der Waals surface area contributed by atoms with Gasteiger partial charge in [-0.1, -0.05) is 30.3 Å². The van der Waals surface area contributed by atoms with Gasteiger partial charge in [-0.25, -0.2) is 13.6 Å². The minimum absolute atomic E-state index is 0.194. The summed E-state index contributed by atoms with van der Waals surface area (Å²) >= 11 is 0. The molecular formula is C17H24F2N2O2. The molecule has 1 atom stereocenters. The summed E-state index contributed by atoms with van der Waals surface area (Å²) < 4.78 is 33.7. The summed E-state index contributed by atoms with van der Waals surface area (Å²) in [6, 6.07) is 8.33. The molecule has 1 aliphatic rings. The van der Waals surface area contributed by atoms with E-state index >= 15 is 0 Å².